The molecular formula is C32H33FN2O6. The number of benzene rings is 3. The molecule has 0 bridgehead atoms. The van der Waals surface area contributed by atoms with Gasteiger partial charge in [-0.05, 0) is 85.8 Å². The number of rotatable bonds is 12. The molecule has 0 fully saturated rings. The number of aromatic nitrogens is 1. The van der Waals surface area contributed by atoms with E-state index in [0.717, 1.165) is 33.5 Å². The van der Waals surface area contributed by atoms with Gasteiger partial charge in [-0.15, -0.1) is 0 Å². The molecule has 4 rings (SSSR count). The van der Waals surface area contributed by atoms with Crippen LogP contribution in [-0.2, 0) is 28.9 Å². The zero-order valence-electron chi connectivity index (χ0n) is 23.3. The van der Waals surface area contributed by atoms with Gasteiger partial charge in [-0.2, -0.15) is 0 Å². The van der Waals surface area contributed by atoms with Gasteiger partial charge in [0.1, 0.15) is 17.3 Å². The fourth-order valence-corrected chi connectivity index (χ4v) is 4.31. The molecule has 41 heavy (non-hydrogen) atoms. The zero-order chi connectivity index (χ0) is 29.4. The smallest absolute Gasteiger partial charge is 0.407 e. The Morgan fingerprint density at radius 3 is 2.44 bits per heavy atom. The quantitative estimate of drug-likeness (QED) is 0.198. The summed E-state index contributed by atoms with van der Waals surface area (Å²) in [5, 5.41) is 11.8. The normalized spacial score (nSPS) is 11.0. The van der Waals surface area contributed by atoms with Gasteiger partial charge in [0, 0.05) is 24.9 Å². The molecule has 0 unspecified atom stereocenters. The largest absolute Gasteiger partial charge is 0.493 e. The average molecular weight is 561 g/mol. The van der Waals surface area contributed by atoms with Crippen molar-refractivity contribution in [3.63, 3.8) is 0 Å². The van der Waals surface area contributed by atoms with Crippen molar-refractivity contribution in [1.29, 1.82) is 0 Å². The Morgan fingerprint density at radius 2 is 1.71 bits per heavy atom. The van der Waals surface area contributed by atoms with Gasteiger partial charge >= 0.3 is 12.1 Å². The number of alkyl carbamates (subject to hydrolysis) is 1. The summed E-state index contributed by atoms with van der Waals surface area (Å²) >= 11 is 0. The van der Waals surface area contributed by atoms with Crippen molar-refractivity contribution in [3.05, 3.63) is 95.1 Å². The summed E-state index contributed by atoms with van der Waals surface area (Å²) in [5.41, 5.74) is 4.73. The number of amides is 1. The van der Waals surface area contributed by atoms with Gasteiger partial charge in [0.15, 0.2) is 0 Å². The second kappa shape index (κ2) is 13.6. The van der Waals surface area contributed by atoms with E-state index < -0.39 is 12.1 Å². The Hall–Kier alpha value is -4.66. The molecule has 0 aliphatic heterocycles. The molecule has 8 nitrogen and oxygen atoms in total. The SMILES string of the molecule is Cc1oc(-c2cccc(-c3cccc(F)c3)c2)nc1CCOc1ccc(CCC(=O)O)c(CNC(=O)OC(C)C)c1. The molecule has 0 atom stereocenters. The van der Waals surface area contributed by atoms with E-state index in [0.29, 0.717) is 36.8 Å². The molecule has 2 N–H and O–H groups in total. The molecule has 0 aliphatic rings. The zero-order valence-corrected chi connectivity index (χ0v) is 23.3. The number of ether oxygens (including phenoxy) is 2. The van der Waals surface area contributed by atoms with Crippen molar-refractivity contribution in [2.24, 2.45) is 0 Å². The molecule has 1 heterocycles. The molecule has 9 heteroatoms. The van der Waals surface area contributed by atoms with Crippen LogP contribution in [0, 0.1) is 12.7 Å². The highest BCUT2D eigenvalue weighted by molar-refractivity contribution is 5.70. The van der Waals surface area contributed by atoms with E-state index in [4.69, 9.17) is 19.0 Å². The van der Waals surface area contributed by atoms with Gasteiger partial charge < -0.3 is 24.3 Å². The topological polar surface area (TPSA) is 111 Å². The van der Waals surface area contributed by atoms with Gasteiger partial charge in [-0.1, -0.05) is 30.3 Å². The molecule has 214 valence electrons. The summed E-state index contributed by atoms with van der Waals surface area (Å²) in [6, 6.07) is 19.4. The molecule has 1 amide bonds. The number of aliphatic carboxylic acids is 1. The standard InChI is InChI=1S/C32H33FN2O6/c1-20(2)40-32(38)34-19-26-18-28(12-10-22(26)11-13-30(36)37)39-15-14-29-21(3)41-31(35-29)25-8-4-6-23(16-25)24-7-5-9-27(33)17-24/h4-10,12,16-18,20H,11,13-15,19H2,1-3H3,(H,34,38)(H,36,37). The summed E-state index contributed by atoms with van der Waals surface area (Å²) < 4.78 is 30.8. The second-order valence-electron chi connectivity index (χ2n) is 9.84. The number of oxazole rings is 1. The van der Waals surface area contributed by atoms with E-state index in [9.17, 15) is 14.0 Å². The fraction of sp³-hybridized carbons (Fsp3) is 0.281. The van der Waals surface area contributed by atoms with Crippen LogP contribution in [-0.4, -0.2) is 34.9 Å². The number of carboxylic acids is 1. The summed E-state index contributed by atoms with van der Waals surface area (Å²) in [6.45, 7) is 5.87. The van der Waals surface area contributed by atoms with Crippen molar-refractivity contribution in [3.8, 4) is 28.3 Å². The Balaban J connectivity index is 1.42. The minimum atomic E-state index is -0.897. The van der Waals surface area contributed by atoms with Crippen LogP contribution < -0.4 is 10.1 Å². The first-order valence-corrected chi connectivity index (χ1v) is 13.4. The Bertz CT molecular complexity index is 1510. The summed E-state index contributed by atoms with van der Waals surface area (Å²) in [4.78, 5) is 27.7. The molecule has 4 aromatic rings. The van der Waals surface area contributed by atoms with Crippen LogP contribution in [0.4, 0.5) is 9.18 Å². The van der Waals surface area contributed by atoms with Crippen molar-refractivity contribution in [1.82, 2.24) is 10.3 Å². The number of nitrogens with zero attached hydrogens (tertiary/aromatic N) is 1. The van der Waals surface area contributed by atoms with E-state index in [1.165, 1.54) is 12.1 Å². The van der Waals surface area contributed by atoms with Crippen molar-refractivity contribution < 1.29 is 33.0 Å². The highest BCUT2D eigenvalue weighted by Gasteiger charge is 2.14. The van der Waals surface area contributed by atoms with Crippen molar-refractivity contribution in [2.75, 3.05) is 6.61 Å². The summed E-state index contributed by atoms with van der Waals surface area (Å²) in [7, 11) is 0. The van der Waals surface area contributed by atoms with E-state index in [1.807, 2.05) is 43.3 Å². The van der Waals surface area contributed by atoms with Gasteiger partial charge in [0.25, 0.3) is 0 Å². The highest BCUT2D eigenvalue weighted by atomic mass is 19.1. The number of carboxylic acid groups (broad SMARTS) is 1. The maximum atomic E-state index is 13.7. The number of aryl methyl sites for hydroxylation is 2. The minimum Gasteiger partial charge on any atom is -0.493 e. The van der Waals surface area contributed by atoms with Gasteiger partial charge in [0.2, 0.25) is 5.89 Å². The second-order valence-corrected chi connectivity index (χ2v) is 9.84. The summed E-state index contributed by atoms with van der Waals surface area (Å²) in [6.07, 6.45) is -0.00713. The van der Waals surface area contributed by atoms with Crippen LogP contribution in [0.25, 0.3) is 22.6 Å². The number of nitrogens with one attached hydrogen (secondary N) is 1. The average Bonchev–Trinajstić information content (AvgIpc) is 3.31. The molecule has 0 spiro atoms. The molecule has 3 aromatic carbocycles. The first-order chi connectivity index (χ1) is 19.7. The maximum absolute atomic E-state index is 13.7. The van der Waals surface area contributed by atoms with Gasteiger partial charge in [0.05, 0.1) is 18.4 Å². The maximum Gasteiger partial charge on any atom is 0.407 e. The van der Waals surface area contributed by atoms with E-state index in [-0.39, 0.29) is 24.9 Å². The fourth-order valence-electron chi connectivity index (χ4n) is 4.31. The first kappa shape index (κ1) is 29.3. The third-order valence-corrected chi connectivity index (χ3v) is 6.32. The number of hydrogen-bond acceptors (Lipinski definition) is 6. The van der Waals surface area contributed by atoms with E-state index in [2.05, 4.69) is 10.3 Å². The lowest BCUT2D eigenvalue weighted by Gasteiger charge is -2.14. The predicted molar refractivity (Wildman–Crippen MR) is 152 cm³/mol. The summed E-state index contributed by atoms with van der Waals surface area (Å²) in [5.74, 6) is 0.542. The van der Waals surface area contributed by atoms with Crippen LogP contribution in [0.5, 0.6) is 5.75 Å². The van der Waals surface area contributed by atoms with Crippen LogP contribution >= 0.6 is 0 Å². The Labute approximate surface area is 238 Å². The highest BCUT2D eigenvalue weighted by Crippen LogP contribution is 2.28. The van der Waals surface area contributed by atoms with Crippen molar-refractivity contribution >= 4 is 12.1 Å². The monoisotopic (exact) mass is 560 g/mol. The number of carbonyl (C=O) groups is 2. The van der Waals surface area contributed by atoms with Gasteiger partial charge in [-0.3, -0.25) is 4.79 Å². The lowest BCUT2D eigenvalue weighted by Crippen LogP contribution is -2.26. The van der Waals surface area contributed by atoms with Crippen molar-refractivity contribution in [2.45, 2.75) is 52.7 Å². The third-order valence-electron chi connectivity index (χ3n) is 6.32. The first-order valence-electron chi connectivity index (χ1n) is 13.4. The van der Waals surface area contributed by atoms with Gasteiger partial charge in [-0.25, -0.2) is 14.2 Å². The molecule has 1 aromatic heterocycles. The lowest BCUT2D eigenvalue weighted by atomic mass is 10.0. The number of hydrogen-bond donors (Lipinski definition) is 2. The third kappa shape index (κ3) is 8.41. The number of carbonyl (C=O) groups excluding carboxylic acids is 1. The van der Waals surface area contributed by atoms with Crippen LogP contribution in [0.15, 0.2) is 71.1 Å². The van der Waals surface area contributed by atoms with E-state index >= 15 is 0 Å². The van der Waals surface area contributed by atoms with Crippen LogP contribution in [0.1, 0.15) is 42.8 Å². The lowest BCUT2D eigenvalue weighted by molar-refractivity contribution is -0.136. The van der Waals surface area contributed by atoms with Crippen LogP contribution in [0.2, 0.25) is 0 Å². The van der Waals surface area contributed by atoms with E-state index in [1.54, 1.807) is 32.0 Å². The Kier molecular flexibility index (Phi) is 9.73. The molecule has 0 radical (unpaired) electrons. The number of halogens is 1. The molecule has 0 saturated heterocycles. The molecular weight excluding hydrogens is 527 g/mol. The molecule has 0 saturated carbocycles. The molecule has 0 aliphatic carbocycles. The van der Waals surface area contributed by atoms with Crippen LogP contribution in [0.3, 0.4) is 0 Å². The Morgan fingerprint density at radius 1 is 0.976 bits per heavy atom. The predicted octanol–water partition coefficient (Wildman–Crippen LogP) is 6.73. The minimum absolute atomic E-state index is 0.0252.